The van der Waals surface area contributed by atoms with Crippen molar-refractivity contribution in [2.24, 2.45) is 0 Å². The quantitative estimate of drug-likeness (QED) is 0.0145. The second kappa shape index (κ2) is 44.2. The van der Waals surface area contributed by atoms with Gasteiger partial charge in [0.1, 0.15) is 24.9 Å². The average molecular weight is 1750 g/mol. The van der Waals surface area contributed by atoms with Crippen molar-refractivity contribution in [1.82, 2.24) is 27.6 Å². The van der Waals surface area contributed by atoms with Crippen molar-refractivity contribution in [2.75, 3.05) is 20.3 Å². The van der Waals surface area contributed by atoms with Crippen LogP contribution in [0.15, 0.2) is 194 Å². The van der Waals surface area contributed by atoms with Gasteiger partial charge in [-0.2, -0.15) is 21.0 Å². The van der Waals surface area contributed by atoms with E-state index in [1.807, 2.05) is 87.5 Å². The van der Waals surface area contributed by atoms with Crippen LogP contribution in [0.5, 0.6) is 0 Å². The second-order valence-electron chi connectivity index (χ2n) is 33.5. The van der Waals surface area contributed by atoms with Crippen LogP contribution >= 0.6 is 17.1 Å². The molecule has 4 aliphatic rings. The van der Waals surface area contributed by atoms with Crippen LogP contribution in [0.1, 0.15) is 201 Å². The third-order valence-electron chi connectivity index (χ3n) is 23.9. The summed E-state index contributed by atoms with van der Waals surface area (Å²) in [5.74, 6) is -0.378. The van der Waals surface area contributed by atoms with Gasteiger partial charge < -0.3 is 70.3 Å². The van der Waals surface area contributed by atoms with Gasteiger partial charge in [-0.15, -0.1) is 0 Å². The number of carbonyl (C=O) groups excluding carboxylic acids is 1. The highest BCUT2D eigenvalue weighted by Gasteiger charge is 2.44. The molecule has 12 aromatic rings. The van der Waals surface area contributed by atoms with Crippen LogP contribution in [0.4, 0.5) is 0 Å². The third kappa shape index (κ3) is 21.2. The Bertz CT molecular complexity index is 6080. The molecule has 664 valence electrons. The van der Waals surface area contributed by atoms with Gasteiger partial charge >= 0.3 is 5.97 Å². The van der Waals surface area contributed by atoms with Crippen molar-refractivity contribution in [3.63, 3.8) is 0 Å². The molecule has 4 aliphatic heterocycles. The largest absolute Gasteiger partial charge is 0.466 e. The molecule has 0 aliphatic carbocycles. The van der Waals surface area contributed by atoms with Crippen molar-refractivity contribution in [3.8, 4) is 24.3 Å². The zero-order valence-electron chi connectivity index (χ0n) is 75.4. The molecule has 24 heteroatoms. The topological polar surface area (TPSA) is 262 Å². The minimum absolute atomic E-state index is 0.0331. The third-order valence-corrected chi connectivity index (χ3v) is 28.2. The number of fused-ring (bicyclic) bond motifs is 12. The lowest BCUT2D eigenvalue weighted by Crippen LogP contribution is -2.35. The molecular weight excluding hydrogens is 1630 g/mol. The summed E-state index contributed by atoms with van der Waals surface area (Å²) in [5.41, 5.74) is 13.0. The highest BCUT2D eigenvalue weighted by atomic mass is 31.2. The fraction of sp³-hybridized carbons (Fsp3) is 0.408. The van der Waals surface area contributed by atoms with Crippen molar-refractivity contribution in [3.05, 3.63) is 216 Å². The van der Waals surface area contributed by atoms with E-state index in [9.17, 15) is 15.0 Å². The number of methoxy groups -OCH3 is 1. The summed E-state index contributed by atoms with van der Waals surface area (Å²) >= 11 is 0. The summed E-state index contributed by atoms with van der Waals surface area (Å²) in [7, 11) is -1.32. The zero-order valence-corrected chi connectivity index (χ0v) is 77.1. The molecule has 14 atom stereocenters. The molecule has 8 aromatic carbocycles. The van der Waals surface area contributed by atoms with E-state index < -0.39 is 29.3 Å². The summed E-state index contributed by atoms with van der Waals surface area (Å²) in [6.45, 7) is 28.4. The van der Waals surface area contributed by atoms with E-state index in [-0.39, 0.29) is 91.7 Å². The van der Waals surface area contributed by atoms with Crippen LogP contribution in [0, 0.1) is 45.3 Å². The second-order valence-corrected chi connectivity index (χ2v) is 36.4. The van der Waals surface area contributed by atoms with E-state index in [4.69, 9.17) is 58.1 Å². The molecule has 2 N–H and O–H groups in total. The Morgan fingerprint density at radius 3 is 1.00 bits per heavy atom. The van der Waals surface area contributed by atoms with Crippen LogP contribution < -0.4 is 0 Å². The molecule has 0 amide bonds. The molecule has 0 spiro atoms. The maximum Gasteiger partial charge on any atom is 0.330 e. The molecule has 6 unspecified atom stereocenters. The van der Waals surface area contributed by atoms with Crippen molar-refractivity contribution in [2.45, 2.75) is 252 Å². The number of carbonyl (C=O) groups is 1. The fourth-order valence-electron chi connectivity index (χ4n) is 18.4. The number of esters is 1. The lowest BCUT2D eigenvalue weighted by Gasteiger charge is -2.37. The fourth-order valence-corrected chi connectivity index (χ4v) is 21.9. The summed E-state index contributed by atoms with van der Waals surface area (Å²) in [6, 6.07) is 68.0. The van der Waals surface area contributed by atoms with Crippen LogP contribution in [0.2, 0.25) is 0 Å². The number of nitrogens with zero attached hydrogens (tertiary/aromatic N) is 10. The van der Waals surface area contributed by atoms with Crippen LogP contribution in [-0.4, -0.2) is 137 Å². The summed E-state index contributed by atoms with van der Waals surface area (Å²) < 4.78 is 69.8. The zero-order chi connectivity index (χ0) is 90.1. The van der Waals surface area contributed by atoms with Crippen LogP contribution in [-0.2, 0) is 46.6 Å². The van der Waals surface area contributed by atoms with Gasteiger partial charge in [0, 0.05) is 111 Å². The molecule has 4 saturated heterocycles. The normalized spacial score (nSPS) is 21.9. The van der Waals surface area contributed by atoms with E-state index in [2.05, 4.69) is 253 Å². The van der Waals surface area contributed by atoms with Crippen LogP contribution in [0.3, 0.4) is 0 Å². The highest BCUT2D eigenvalue weighted by molar-refractivity contribution is 7.45. The lowest BCUT2D eigenvalue weighted by molar-refractivity contribution is -0.134. The molecule has 0 saturated carbocycles. The minimum Gasteiger partial charge on any atom is -0.466 e. The standard InChI is InChI=1S/C30H37N4O3P.C30H40N3O3P.C22H23NO4.C21H20N2O2/c1-6-28-29(37-38(35-18-10-17-32)34(21(2)3)22(4)5)20-30(36-28)33-26-13-8-7-12-24(26)25-19-23(11-9-16-31)14-15-27(25)33;1-7-12-23-15-16-27-25(19-23)24-13-9-10-14-26(24)32(27)30-20-29(28(8-2)35-30)36-37(34-18-11-17-31)33(21(3)4)22(5)6;1-3-20-19(24)13-21(27-20)23-17-7-5-4-6-15(17)16-12-14(8-10-18(16)23)9-11-22(25)26-2;1-2-20-19(24)13-21(25-20)23-17-8-4-3-7-15(17)16-12-14(6-5-11-22)9-10-18(16)23/h7-9,11-15,19,21-22,28-30H,6,10,18,20H2,1-5H3;7,9-10,12-16,19,21-22,28-30H,8,11,18,20H2,1-6H3;4-12,19-21,24H,3,13H2,1-2H3;3-10,12,19-21,24H,2,13H2,1H3/b11-9+;12-7+;11-9+;6-5+/t28-,29?,30-,38?;28-,29?,30-,37?;2*19?,20-,21-/m1111/s1. The molecule has 0 bridgehead atoms. The molecule has 8 heterocycles. The van der Waals surface area contributed by atoms with E-state index in [0.717, 1.165) is 114 Å². The summed E-state index contributed by atoms with van der Waals surface area (Å²) in [5, 5.41) is 65.7. The number of ether oxygens (including phenoxy) is 5. The van der Waals surface area contributed by atoms with E-state index >= 15 is 0 Å². The van der Waals surface area contributed by atoms with Crippen molar-refractivity contribution >= 4 is 135 Å². The number of benzene rings is 8. The Labute approximate surface area is 748 Å². The predicted octanol–water partition coefficient (Wildman–Crippen LogP) is 24.3. The Morgan fingerprint density at radius 1 is 0.425 bits per heavy atom. The number of rotatable bonds is 29. The Balaban J connectivity index is 0.000000147. The predicted molar refractivity (Wildman–Crippen MR) is 510 cm³/mol. The van der Waals surface area contributed by atoms with Gasteiger partial charge in [-0.1, -0.05) is 137 Å². The number of hydrogen-bond donors (Lipinski definition) is 2. The van der Waals surface area contributed by atoms with Crippen LogP contribution in [0.25, 0.3) is 112 Å². The molecule has 22 nitrogen and oxygen atoms in total. The number of aliphatic hydroxyl groups excluding tert-OH is 2. The molecule has 4 aromatic heterocycles. The van der Waals surface area contributed by atoms with Gasteiger partial charge in [0.15, 0.2) is 0 Å². The Morgan fingerprint density at radius 2 is 0.717 bits per heavy atom. The van der Waals surface area contributed by atoms with Gasteiger partial charge in [0.05, 0.1) is 150 Å². The first-order chi connectivity index (χ1) is 61.6. The highest BCUT2D eigenvalue weighted by Crippen LogP contribution is 2.54. The van der Waals surface area contributed by atoms with Crippen molar-refractivity contribution in [1.29, 1.82) is 21.0 Å². The first kappa shape index (κ1) is 94.3. The Kier molecular flexibility index (Phi) is 32.8. The molecule has 0 radical (unpaired) electrons. The van der Waals surface area contributed by atoms with E-state index in [0.29, 0.717) is 45.3 Å². The maximum atomic E-state index is 11.4. The number of nitriles is 4. The first-order valence-corrected chi connectivity index (χ1v) is 47.0. The van der Waals surface area contributed by atoms with Gasteiger partial charge in [0.25, 0.3) is 17.1 Å². The number of aliphatic hydroxyl groups is 2. The van der Waals surface area contributed by atoms with Gasteiger partial charge in [-0.3, -0.25) is 0 Å². The molecule has 16 rings (SSSR count). The molecule has 4 fully saturated rings. The van der Waals surface area contributed by atoms with Crippen molar-refractivity contribution < 1.29 is 56.8 Å². The monoisotopic (exact) mass is 1750 g/mol. The van der Waals surface area contributed by atoms with Gasteiger partial charge in [0.2, 0.25) is 0 Å². The summed E-state index contributed by atoms with van der Waals surface area (Å²) in [4.78, 5) is 11.4. The minimum atomic E-state index is -1.35. The van der Waals surface area contributed by atoms with E-state index in [1.54, 1.807) is 6.08 Å². The molecule has 127 heavy (non-hydrogen) atoms. The van der Waals surface area contributed by atoms with E-state index in [1.165, 1.54) is 52.7 Å². The van der Waals surface area contributed by atoms with Gasteiger partial charge in [-0.05, 0) is 201 Å². The number of aromatic nitrogens is 4. The summed E-state index contributed by atoms with van der Waals surface area (Å²) in [6.07, 6.45) is 18.5. The Hall–Kier alpha value is -10.3. The van der Waals surface area contributed by atoms with Gasteiger partial charge in [-0.25, -0.2) is 14.1 Å². The SMILES string of the molecule is C/C=C/c1ccc2c(c1)c1ccccc1n2[C@H]1CC(OP(OCCC#N)N(C(C)C)C(C)C)[C@@H](CC)O1.CC[C@H]1O[C@@H](n2c3ccccc3c3cc(/C=C/C#N)ccc32)CC1O.CC[C@H]1O[C@@H](n2c3ccccc3c3cc(/C=C/C#N)ccc32)CC1OP(OCCC#N)N(C(C)C)C(C)C.CC[C@H]1O[C@@H](n2c3ccccc3c3cc(/C=C/C(=O)OC)ccc32)CC1O. The number of hydrogen-bond acceptors (Lipinski definition) is 18. The lowest BCUT2D eigenvalue weighted by atomic mass is 10.1. The average Bonchev–Trinajstić information content (AvgIpc) is 1.60. The maximum absolute atomic E-state index is 11.4. The first-order valence-electron chi connectivity index (χ1n) is 44.7. The molecular formula is C103H120N10O12P2. The smallest absolute Gasteiger partial charge is 0.330 e. The number of allylic oxidation sites excluding steroid dienone is 3. The number of para-hydroxylation sites is 4.